The summed E-state index contributed by atoms with van der Waals surface area (Å²) in [6.45, 7) is 6.10. The third-order valence-electron chi connectivity index (χ3n) is 4.04. The molecule has 1 atom stereocenters. The minimum absolute atomic E-state index is 0.526. The Bertz CT molecular complexity index is 354. The van der Waals surface area contributed by atoms with Crippen LogP contribution in [0.15, 0.2) is 24.3 Å². The Morgan fingerprint density at radius 2 is 1.84 bits per heavy atom. The van der Waals surface area contributed by atoms with Crippen molar-refractivity contribution in [3.8, 4) is 5.75 Å². The van der Waals surface area contributed by atoms with E-state index in [2.05, 4.69) is 36.5 Å². The van der Waals surface area contributed by atoms with Crippen LogP contribution in [0.3, 0.4) is 0 Å². The first-order chi connectivity index (χ1) is 9.35. The van der Waals surface area contributed by atoms with Gasteiger partial charge in [-0.25, -0.2) is 0 Å². The van der Waals surface area contributed by atoms with E-state index < -0.39 is 0 Å². The van der Waals surface area contributed by atoms with E-state index in [1.54, 1.807) is 0 Å². The minimum atomic E-state index is 0.526. The second-order valence-electron chi connectivity index (χ2n) is 5.48. The van der Waals surface area contributed by atoms with Crippen LogP contribution in [-0.4, -0.2) is 13.2 Å². The molecule has 1 aromatic rings. The lowest BCUT2D eigenvalue weighted by Gasteiger charge is -2.25. The number of ether oxygens (including phenoxy) is 1. The number of benzene rings is 1. The summed E-state index contributed by atoms with van der Waals surface area (Å²) in [6, 6.07) is 9.20. The normalized spacial score (nSPS) is 17.6. The van der Waals surface area contributed by atoms with Crippen molar-refractivity contribution < 1.29 is 4.74 Å². The molecule has 2 nitrogen and oxygen atoms in total. The number of nitrogens with one attached hydrogen (secondary N) is 1. The van der Waals surface area contributed by atoms with Crippen LogP contribution in [0.1, 0.15) is 57.6 Å². The van der Waals surface area contributed by atoms with Gasteiger partial charge in [-0.15, -0.1) is 0 Å². The van der Waals surface area contributed by atoms with Gasteiger partial charge in [-0.2, -0.15) is 0 Å². The first-order valence-electron chi connectivity index (χ1n) is 7.81. The maximum absolute atomic E-state index is 5.53. The Morgan fingerprint density at radius 3 is 2.42 bits per heavy atom. The topological polar surface area (TPSA) is 21.3 Å². The van der Waals surface area contributed by atoms with Gasteiger partial charge in [-0.05, 0) is 56.3 Å². The molecule has 0 saturated heterocycles. The van der Waals surface area contributed by atoms with Gasteiger partial charge in [0.25, 0.3) is 0 Å². The Balaban J connectivity index is 2.07. The van der Waals surface area contributed by atoms with Crippen LogP contribution >= 0.6 is 0 Å². The Kier molecular flexibility index (Phi) is 5.71. The second kappa shape index (κ2) is 7.54. The highest BCUT2D eigenvalue weighted by Crippen LogP contribution is 2.36. The third-order valence-corrected chi connectivity index (χ3v) is 4.04. The second-order valence-corrected chi connectivity index (χ2v) is 5.48. The van der Waals surface area contributed by atoms with E-state index in [1.165, 1.54) is 37.7 Å². The zero-order valence-corrected chi connectivity index (χ0v) is 12.3. The lowest BCUT2D eigenvalue weighted by Crippen LogP contribution is -2.27. The van der Waals surface area contributed by atoms with Crippen LogP contribution in [0.25, 0.3) is 0 Å². The summed E-state index contributed by atoms with van der Waals surface area (Å²) in [5.74, 6) is 1.79. The fraction of sp³-hybridized carbons (Fsp3) is 0.647. The van der Waals surface area contributed by atoms with Gasteiger partial charge in [0.15, 0.2) is 0 Å². The molecular weight excluding hydrogens is 234 g/mol. The van der Waals surface area contributed by atoms with Gasteiger partial charge in [0.05, 0.1) is 6.61 Å². The molecule has 0 aromatic heterocycles. The number of rotatable bonds is 7. The van der Waals surface area contributed by atoms with E-state index >= 15 is 0 Å². The lowest BCUT2D eigenvalue weighted by atomic mass is 9.91. The molecule has 0 radical (unpaired) electrons. The summed E-state index contributed by atoms with van der Waals surface area (Å²) in [7, 11) is 0. The predicted molar refractivity (Wildman–Crippen MR) is 80.6 cm³/mol. The Morgan fingerprint density at radius 1 is 1.16 bits per heavy atom. The Hall–Kier alpha value is -1.02. The standard InChI is InChI=1S/C17H27NO/c1-3-13-18-17(14-7-5-6-8-14)15-9-11-16(12-10-15)19-4-2/h9-12,14,17-18H,3-8,13H2,1-2H3. The van der Waals surface area contributed by atoms with Crippen LogP contribution in [0.4, 0.5) is 0 Å². The molecule has 0 heterocycles. The van der Waals surface area contributed by atoms with E-state index in [9.17, 15) is 0 Å². The van der Waals surface area contributed by atoms with Gasteiger partial charge in [0.1, 0.15) is 5.75 Å². The summed E-state index contributed by atoms with van der Waals surface area (Å²) >= 11 is 0. The maximum Gasteiger partial charge on any atom is 0.119 e. The quantitative estimate of drug-likeness (QED) is 0.789. The molecule has 0 aliphatic heterocycles. The molecule has 1 fully saturated rings. The summed E-state index contributed by atoms with van der Waals surface area (Å²) in [5.41, 5.74) is 1.42. The van der Waals surface area contributed by atoms with E-state index in [4.69, 9.17) is 4.74 Å². The molecular formula is C17H27NO. The minimum Gasteiger partial charge on any atom is -0.494 e. The fourth-order valence-corrected chi connectivity index (χ4v) is 3.09. The first kappa shape index (κ1) is 14.4. The third kappa shape index (κ3) is 3.97. The van der Waals surface area contributed by atoms with Crippen LogP contribution in [0.5, 0.6) is 5.75 Å². The molecule has 2 heteroatoms. The molecule has 1 N–H and O–H groups in total. The largest absolute Gasteiger partial charge is 0.494 e. The fourth-order valence-electron chi connectivity index (χ4n) is 3.09. The van der Waals surface area contributed by atoms with Gasteiger partial charge in [0, 0.05) is 6.04 Å². The average Bonchev–Trinajstić information content (AvgIpc) is 2.95. The molecule has 0 amide bonds. The summed E-state index contributed by atoms with van der Waals surface area (Å²) < 4.78 is 5.53. The zero-order chi connectivity index (χ0) is 13.5. The van der Waals surface area contributed by atoms with E-state index in [-0.39, 0.29) is 0 Å². The highest BCUT2D eigenvalue weighted by atomic mass is 16.5. The molecule has 2 rings (SSSR count). The van der Waals surface area contributed by atoms with Gasteiger partial charge in [-0.3, -0.25) is 0 Å². The van der Waals surface area contributed by atoms with Crippen molar-refractivity contribution in [2.24, 2.45) is 5.92 Å². The van der Waals surface area contributed by atoms with Crippen molar-refractivity contribution in [3.05, 3.63) is 29.8 Å². The van der Waals surface area contributed by atoms with Gasteiger partial charge < -0.3 is 10.1 Å². The molecule has 1 aliphatic carbocycles. The highest BCUT2D eigenvalue weighted by Gasteiger charge is 2.25. The maximum atomic E-state index is 5.53. The summed E-state index contributed by atoms with van der Waals surface area (Å²) in [5, 5.41) is 3.74. The average molecular weight is 261 g/mol. The van der Waals surface area contributed by atoms with Gasteiger partial charge >= 0.3 is 0 Å². The summed E-state index contributed by atoms with van der Waals surface area (Å²) in [4.78, 5) is 0. The molecule has 0 spiro atoms. The van der Waals surface area contributed by atoms with Crippen molar-refractivity contribution in [2.45, 2.75) is 52.0 Å². The van der Waals surface area contributed by atoms with Crippen molar-refractivity contribution in [1.29, 1.82) is 0 Å². The van der Waals surface area contributed by atoms with Crippen LogP contribution in [0.2, 0.25) is 0 Å². The first-order valence-corrected chi connectivity index (χ1v) is 7.81. The number of hydrogen-bond acceptors (Lipinski definition) is 2. The van der Waals surface area contributed by atoms with E-state index in [0.717, 1.165) is 24.8 Å². The van der Waals surface area contributed by atoms with Crippen molar-refractivity contribution >= 4 is 0 Å². The SMILES string of the molecule is CCCNC(c1ccc(OCC)cc1)C1CCCC1. The predicted octanol–water partition coefficient (Wildman–Crippen LogP) is 4.32. The smallest absolute Gasteiger partial charge is 0.119 e. The van der Waals surface area contributed by atoms with Crippen LogP contribution in [-0.2, 0) is 0 Å². The van der Waals surface area contributed by atoms with Crippen molar-refractivity contribution in [1.82, 2.24) is 5.32 Å². The Labute approximate surface area is 117 Å². The summed E-state index contributed by atoms with van der Waals surface area (Å²) in [6.07, 6.45) is 6.72. The monoisotopic (exact) mass is 261 g/mol. The molecule has 1 saturated carbocycles. The zero-order valence-electron chi connectivity index (χ0n) is 12.3. The van der Waals surface area contributed by atoms with Crippen molar-refractivity contribution in [2.75, 3.05) is 13.2 Å². The molecule has 19 heavy (non-hydrogen) atoms. The van der Waals surface area contributed by atoms with E-state index in [0.29, 0.717) is 6.04 Å². The van der Waals surface area contributed by atoms with Gasteiger partial charge in [0.2, 0.25) is 0 Å². The molecule has 106 valence electrons. The molecule has 0 bridgehead atoms. The van der Waals surface area contributed by atoms with Gasteiger partial charge in [-0.1, -0.05) is 31.9 Å². The highest BCUT2D eigenvalue weighted by molar-refractivity contribution is 5.29. The van der Waals surface area contributed by atoms with Crippen LogP contribution in [0, 0.1) is 5.92 Å². The van der Waals surface area contributed by atoms with Crippen molar-refractivity contribution in [3.63, 3.8) is 0 Å². The number of hydrogen-bond donors (Lipinski definition) is 1. The molecule has 1 aliphatic rings. The molecule has 1 aromatic carbocycles. The van der Waals surface area contributed by atoms with Crippen LogP contribution < -0.4 is 10.1 Å². The van der Waals surface area contributed by atoms with E-state index in [1.807, 2.05) is 6.92 Å². The molecule has 1 unspecified atom stereocenters. The lowest BCUT2D eigenvalue weighted by molar-refractivity contribution is 0.339.